The summed E-state index contributed by atoms with van der Waals surface area (Å²) in [5.74, 6) is -1.06. The molecule has 12 nitrogen and oxygen atoms in total. The van der Waals surface area contributed by atoms with Gasteiger partial charge >= 0.3 is 27.1 Å². The van der Waals surface area contributed by atoms with E-state index in [-0.39, 0.29) is 19.1 Å². The minimum absolute atomic E-state index is 0.112. The quantitative estimate of drug-likeness (QED) is 0.229. The van der Waals surface area contributed by atoms with E-state index >= 15 is 0 Å². The molecule has 0 bridgehead atoms. The number of nitrogens with zero attached hydrogens (tertiary/aromatic N) is 1. The fourth-order valence-corrected chi connectivity index (χ4v) is 2.54. The van der Waals surface area contributed by atoms with Gasteiger partial charge in [-0.3, -0.25) is 28.9 Å². The largest absolute Gasteiger partial charge is 0.468 e. The highest BCUT2D eigenvalue weighted by molar-refractivity contribution is 7.51. The molecule has 0 atom stereocenters. The second-order valence-corrected chi connectivity index (χ2v) is 8.31. The van der Waals surface area contributed by atoms with Crippen molar-refractivity contribution >= 4 is 27.1 Å². The fraction of sp³-hybridized carbons (Fsp3) is 0.818. The van der Waals surface area contributed by atoms with Crippen LogP contribution in [-0.2, 0) is 28.2 Å². The van der Waals surface area contributed by atoms with Crippen molar-refractivity contribution in [1.29, 1.82) is 0 Å². The van der Waals surface area contributed by atoms with Crippen LogP contribution < -0.4 is 5.32 Å². The SMILES string of the molecule is COC(=O)CN(CP(=O)(O)O)C(C)C.COC(=O)CNCP(=O)(O)O. The molecule has 0 radical (unpaired) electrons. The van der Waals surface area contributed by atoms with Crippen LogP contribution in [0.25, 0.3) is 0 Å². The van der Waals surface area contributed by atoms with Crippen molar-refractivity contribution in [3.05, 3.63) is 0 Å². The van der Waals surface area contributed by atoms with Gasteiger partial charge in [-0.15, -0.1) is 0 Å². The van der Waals surface area contributed by atoms with Crippen LogP contribution in [0.15, 0.2) is 0 Å². The molecule has 0 aliphatic rings. The Labute approximate surface area is 145 Å². The molecule has 150 valence electrons. The number of carbonyl (C=O) groups excluding carboxylic acids is 2. The zero-order chi connectivity index (χ0) is 20.3. The van der Waals surface area contributed by atoms with Crippen molar-refractivity contribution in [2.75, 3.05) is 39.9 Å². The summed E-state index contributed by atoms with van der Waals surface area (Å²) in [5, 5.41) is 2.24. The lowest BCUT2D eigenvalue weighted by Gasteiger charge is -2.24. The Bertz CT molecular complexity index is 501. The summed E-state index contributed by atoms with van der Waals surface area (Å²) in [6.45, 7) is 3.19. The minimum Gasteiger partial charge on any atom is -0.468 e. The summed E-state index contributed by atoms with van der Waals surface area (Å²) in [5.41, 5.74) is 0. The molecule has 25 heavy (non-hydrogen) atoms. The third-order valence-corrected chi connectivity index (χ3v) is 3.84. The maximum Gasteiger partial charge on any atom is 0.339 e. The Hall–Kier alpha value is -0.840. The number of ether oxygens (including phenoxy) is 2. The number of methoxy groups -OCH3 is 2. The second kappa shape index (κ2) is 12.5. The smallest absolute Gasteiger partial charge is 0.339 e. The van der Waals surface area contributed by atoms with E-state index in [1.54, 1.807) is 13.8 Å². The van der Waals surface area contributed by atoms with E-state index in [4.69, 9.17) is 19.6 Å². The van der Waals surface area contributed by atoms with E-state index in [1.807, 2.05) is 0 Å². The highest BCUT2D eigenvalue weighted by atomic mass is 31.2. The van der Waals surface area contributed by atoms with E-state index in [9.17, 15) is 18.7 Å². The monoisotopic (exact) mass is 408 g/mol. The molecular formula is C11H26N2O10P2. The lowest BCUT2D eigenvalue weighted by Crippen LogP contribution is -2.36. The molecule has 0 fully saturated rings. The Morgan fingerprint density at radius 3 is 1.80 bits per heavy atom. The van der Waals surface area contributed by atoms with Gasteiger partial charge in [0, 0.05) is 6.04 Å². The lowest BCUT2D eigenvalue weighted by atomic mass is 10.3. The third kappa shape index (κ3) is 19.3. The van der Waals surface area contributed by atoms with Crippen molar-refractivity contribution in [3.8, 4) is 0 Å². The third-order valence-electron chi connectivity index (χ3n) is 2.47. The zero-order valence-electron chi connectivity index (χ0n) is 14.5. The molecule has 0 aromatic rings. The van der Waals surface area contributed by atoms with Crippen molar-refractivity contribution in [2.24, 2.45) is 0 Å². The number of hydrogen-bond acceptors (Lipinski definition) is 8. The number of nitrogens with one attached hydrogen (secondary N) is 1. The van der Waals surface area contributed by atoms with Crippen LogP contribution >= 0.6 is 15.2 Å². The fourth-order valence-electron chi connectivity index (χ4n) is 1.24. The Morgan fingerprint density at radius 1 is 1.00 bits per heavy atom. The molecule has 0 rings (SSSR count). The Balaban J connectivity index is 0. The van der Waals surface area contributed by atoms with Gasteiger partial charge in [0.15, 0.2) is 0 Å². The summed E-state index contributed by atoms with van der Waals surface area (Å²) >= 11 is 0. The summed E-state index contributed by atoms with van der Waals surface area (Å²) in [6.07, 6.45) is -0.943. The van der Waals surface area contributed by atoms with Crippen molar-refractivity contribution in [1.82, 2.24) is 10.2 Å². The van der Waals surface area contributed by atoms with Crippen LogP contribution in [0.1, 0.15) is 13.8 Å². The van der Waals surface area contributed by atoms with Crippen LogP contribution in [0.4, 0.5) is 0 Å². The van der Waals surface area contributed by atoms with Crippen LogP contribution in [0.2, 0.25) is 0 Å². The van der Waals surface area contributed by atoms with Gasteiger partial charge < -0.3 is 29.0 Å². The van der Waals surface area contributed by atoms with E-state index in [1.165, 1.54) is 19.1 Å². The molecule has 0 aliphatic carbocycles. The second-order valence-electron chi connectivity index (χ2n) is 5.05. The standard InChI is InChI=1S/C7H16NO5P.C4H10NO5P/c1-6(2)8(4-7(9)13-3)5-14(10,11)12;1-10-4(6)2-5-3-11(7,8)9/h6H,4-5H2,1-3H3,(H2,10,11,12);5H,2-3H2,1H3,(H2,7,8,9). The summed E-state index contributed by atoms with van der Waals surface area (Å²) in [6, 6.07) is -0.123. The van der Waals surface area contributed by atoms with Crippen LogP contribution in [0.5, 0.6) is 0 Å². The Morgan fingerprint density at radius 2 is 1.48 bits per heavy atom. The van der Waals surface area contributed by atoms with Gasteiger partial charge in [-0.1, -0.05) is 0 Å². The first-order chi connectivity index (χ1) is 11.2. The molecule has 14 heteroatoms. The van der Waals surface area contributed by atoms with Gasteiger partial charge in [0.05, 0.1) is 33.6 Å². The van der Waals surface area contributed by atoms with Gasteiger partial charge in [-0.2, -0.15) is 0 Å². The van der Waals surface area contributed by atoms with Gasteiger partial charge in [0.2, 0.25) is 0 Å². The first-order valence-corrected chi connectivity index (χ1v) is 10.5. The lowest BCUT2D eigenvalue weighted by molar-refractivity contribution is -0.142. The van der Waals surface area contributed by atoms with Gasteiger partial charge in [0.25, 0.3) is 0 Å². The molecule has 0 aromatic heterocycles. The van der Waals surface area contributed by atoms with Crippen LogP contribution in [-0.4, -0.2) is 82.3 Å². The van der Waals surface area contributed by atoms with Crippen molar-refractivity contribution < 1.29 is 47.8 Å². The van der Waals surface area contributed by atoms with Crippen LogP contribution in [0.3, 0.4) is 0 Å². The zero-order valence-corrected chi connectivity index (χ0v) is 16.3. The van der Waals surface area contributed by atoms with Gasteiger partial charge in [-0.05, 0) is 13.8 Å². The molecule has 0 aliphatic heterocycles. The Kier molecular flexibility index (Phi) is 13.2. The molecule has 0 amide bonds. The molecule has 0 heterocycles. The number of rotatable bonds is 9. The van der Waals surface area contributed by atoms with Crippen molar-refractivity contribution in [3.63, 3.8) is 0 Å². The topological polar surface area (TPSA) is 183 Å². The molecular weight excluding hydrogens is 382 g/mol. The predicted molar refractivity (Wildman–Crippen MR) is 87.7 cm³/mol. The summed E-state index contributed by atoms with van der Waals surface area (Å²) in [4.78, 5) is 56.7. The molecule has 0 spiro atoms. The summed E-state index contributed by atoms with van der Waals surface area (Å²) < 4.78 is 29.5. The van der Waals surface area contributed by atoms with E-state index in [2.05, 4.69) is 14.8 Å². The first-order valence-electron chi connectivity index (χ1n) is 6.89. The van der Waals surface area contributed by atoms with E-state index in [0.717, 1.165) is 0 Å². The van der Waals surface area contributed by atoms with Gasteiger partial charge in [0.1, 0.15) is 6.29 Å². The highest BCUT2D eigenvalue weighted by Gasteiger charge is 2.23. The summed E-state index contributed by atoms with van der Waals surface area (Å²) in [7, 11) is -5.75. The van der Waals surface area contributed by atoms with Crippen molar-refractivity contribution in [2.45, 2.75) is 19.9 Å². The first kappa shape index (κ1) is 26.4. The maximum atomic E-state index is 10.9. The van der Waals surface area contributed by atoms with E-state index in [0.29, 0.717) is 0 Å². The highest BCUT2D eigenvalue weighted by Crippen LogP contribution is 2.35. The maximum absolute atomic E-state index is 10.9. The number of hydrogen-bond donors (Lipinski definition) is 5. The molecule has 0 unspecified atom stereocenters. The van der Waals surface area contributed by atoms with E-state index < -0.39 is 39.7 Å². The molecule has 5 N–H and O–H groups in total. The molecule has 0 saturated carbocycles. The molecule has 0 saturated heterocycles. The predicted octanol–water partition coefficient (Wildman–Crippen LogP) is -1.11. The van der Waals surface area contributed by atoms with Crippen LogP contribution in [0, 0.1) is 0 Å². The minimum atomic E-state index is -4.12. The number of carbonyl (C=O) groups is 2. The number of esters is 2. The van der Waals surface area contributed by atoms with Gasteiger partial charge in [-0.25, -0.2) is 0 Å². The normalized spacial score (nSPS) is 11.8. The average molecular weight is 408 g/mol. The molecule has 0 aromatic carbocycles. The average Bonchev–Trinajstić information content (AvgIpc) is 2.44.